The second kappa shape index (κ2) is 6.25. The molecule has 92 valence electrons. The van der Waals surface area contributed by atoms with E-state index in [1.807, 2.05) is 6.92 Å². The number of hydrogen-bond acceptors (Lipinski definition) is 3. The number of nitrogens with one attached hydrogen (secondary N) is 1. The van der Waals surface area contributed by atoms with E-state index in [1.54, 1.807) is 18.2 Å². The average molecular weight is 256 g/mol. The molecule has 1 rings (SSSR count). The molecule has 17 heavy (non-hydrogen) atoms. The van der Waals surface area contributed by atoms with Crippen molar-refractivity contribution in [3.8, 4) is 0 Å². The number of methoxy groups -OCH3 is 1. The van der Waals surface area contributed by atoms with Gasteiger partial charge >= 0.3 is 5.97 Å². The summed E-state index contributed by atoms with van der Waals surface area (Å²) >= 11 is 5.47. The molecule has 0 aliphatic heterocycles. The minimum atomic E-state index is -0.397. The monoisotopic (exact) mass is 255 g/mol. The van der Waals surface area contributed by atoms with Gasteiger partial charge in [0.15, 0.2) is 0 Å². The van der Waals surface area contributed by atoms with Crippen LogP contribution in [0.25, 0.3) is 0 Å². The number of rotatable bonds is 4. The Morgan fingerprint density at radius 2 is 2.12 bits per heavy atom. The number of amides is 1. The van der Waals surface area contributed by atoms with E-state index >= 15 is 0 Å². The lowest BCUT2D eigenvalue weighted by atomic mass is 10.1. The van der Waals surface area contributed by atoms with E-state index in [4.69, 9.17) is 11.6 Å². The van der Waals surface area contributed by atoms with Gasteiger partial charge in [-0.25, -0.2) is 4.79 Å². The van der Waals surface area contributed by atoms with E-state index in [-0.39, 0.29) is 18.2 Å². The van der Waals surface area contributed by atoms with Crippen LogP contribution in [0.1, 0.15) is 22.3 Å². The van der Waals surface area contributed by atoms with Gasteiger partial charge in [0.1, 0.15) is 0 Å². The van der Waals surface area contributed by atoms with Crippen molar-refractivity contribution in [2.75, 3.05) is 18.3 Å². The van der Waals surface area contributed by atoms with E-state index in [2.05, 4.69) is 10.1 Å². The Morgan fingerprint density at radius 1 is 1.41 bits per heavy atom. The third kappa shape index (κ3) is 3.75. The number of halogens is 1. The number of hydrogen-bond donors (Lipinski definition) is 1. The van der Waals surface area contributed by atoms with Gasteiger partial charge in [0, 0.05) is 18.0 Å². The highest BCUT2D eigenvalue weighted by Gasteiger charge is 2.09. The molecule has 0 fully saturated rings. The summed E-state index contributed by atoms with van der Waals surface area (Å²) < 4.78 is 4.61. The highest BCUT2D eigenvalue weighted by Crippen LogP contribution is 2.17. The minimum absolute atomic E-state index is 0.145. The lowest BCUT2D eigenvalue weighted by Crippen LogP contribution is -2.13. The van der Waals surface area contributed by atoms with Crippen molar-refractivity contribution in [1.29, 1.82) is 0 Å². The predicted molar refractivity (Wildman–Crippen MR) is 66.5 cm³/mol. The second-order valence-electron chi connectivity index (χ2n) is 3.51. The molecule has 0 aliphatic rings. The molecule has 0 aliphatic carbocycles. The molecule has 5 heteroatoms. The van der Waals surface area contributed by atoms with Gasteiger partial charge in [-0.05, 0) is 30.7 Å². The van der Waals surface area contributed by atoms with Crippen LogP contribution in [-0.2, 0) is 9.53 Å². The maximum absolute atomic E-state index is 11.4. The van der Waals surface area contributed by atoms with Gasteiger partial charge in [-0.3, -0.25) is 4.79 Å². The molecule has 0 radical (unpaired) electrons. The van der Waals surface area contributed by atoms with E-state index in [9.17, 15) is 9.59 Å². The molecule has 0 heterocycles. The van der Waals surface area contributed by atoms with Gasteiger partial charge in [-0.1, -0.05) is 0 Å². The highest BCUT2D eigenvalue weighted by atomic mass is 35.5. The van der Waals surface area contributed by atoms with Crippen molar-refractivity contribution in [3.63, 3.8) is 0 Å². The minimum Gasteiger partial charge on any atom is -0.465 e. The standard InChI is InChI=1S/C12H14ClNO3/c1-8-7-9(12(16)17-2)3-4-10(8)14-11(15)5-6-13/h3-4,7H,5-6H2,1-2H3,(H,14,15). The highest BCUT2D eigenvalue weighted by molar-refractivity contribution is 6.19. The maximum Gasteiger partial charge on any atom is 0.337 e. The smallest absolute Gasteiger partial charge is 0.337 e. The predicted octanol–water partition coefficient (Wildman–Crippen LogP) is 2.35. The molecule has 0 bridgehead atoms. The second-order valence-corrected chi connectivity index (χ2v) is 3.89. The van der Waals surface area contributed by atoms with Crippen LogP contribution < -0.4 is 5.32 Å². The third-order valence-electron chi connectivity index (χ3n) is 2.24. The summed E-state index contributed by atoms with van der Waals surface area (Å²) in [5, 5.41) is 2.72. The molecule has 0 saturated carbocycles. The molecule has 0 atom stereocenters. The molecule has 0 unspecified atom stereocenters. The molecule has 4 nitrogen and oxygen atoms in total. The Kier molecular flexibility index (Phi) is 4.97. The molecule has 1 N–H and O–H groups in total. The van der Waals surface area contributed by atoms with Crippen molar-refractivity contribution in [3.05, 3.63) is 29.3 Å². The van der Waals surface area contributed by atoms with E-state index < -0.39 is 5.97 Å². The van der Waals surface area contributed by atoms with Crippen LogP contribution in [0.4, 0.5) is 5.69 Å². The number of benzene rings is 1. The van der Waals surface area contributed by atoms with Crippen LogP contribution in [0.3, 0.4) is 0 Å². The summed E-state index contributed by atoms with van der Waals surface area (Å²) in [5.41, 5.74) is 1.93. The first-order chi connectivity index (χ1) is 8.08. The van der Waals surface area contributed by atoms with Crippen molar-refractivity contribution in [2.24, 2.45) is 0 Å². The van der Waals surface area contributed by atoms with E-state index in [0.717, 1.165) is 5.56 Å². The number of carbonyl (C=O) groups excluding carboxylic acids is 2. The summed E-state index contributed by atoms with van der Waals surface area (Å²) in [4.78, 5) is 22.6. The van der Waals surface area contributed by atoms with Crippen LogP contribution in [-0.4, -0.2) is 24.9 Å². The Labute approximate surface area is 105 Å². The number of carbonyl (C=O) groups is 2. The molecular formula is C12H14ClNO3. The van der Waals surface area contributed by atoms with Crippen molar-refractivity contribution in [2.45, 2.75) is 13.3 Å². The summed E-state index contributed by atoms with van der Waals surface area (Å²) in [6, 6.07) is 4.95. The molecule has 1 aromatic rings. The molecule has 1 amide bonds. The van der Waals surface area contributed by atoms with Gasteiger partial charge in [0.05, 0.1) is 12.7 Å². The zero-order valence-electron chi connectivity index (χ0n) is 9.75. The fraction of sp³-hybridized carbons (Fsp3) is 0.333. The molecule has 0 spiro atoms. The normalized spacial score (nSPS) is 9.82. The molecule has 0 saturated heterocycles. The van der Waals surface area contributed by atoms with Gasteiger partial charge in [0.25, 0.3) is 0 Å². The fourth-order valence-electron chi connectivity index (χ4n) is 1.35. The molecule has 1 aromatic carbocycles. The van der Waals surface area contributed by atoms with E-state index in [1.165, 1.54) is 7.11 Å². The van der Waals surface area contributed by atoms with Crippen LogP contribution in [0.2, 0.25) is 0 Å². The Hall–Kier alpha value is -1.55. The van der Waals surface area contributed by atoms with Gasteiger partial charge in [-0.15, -0.1) is 11.6 Å². The van der Waals surface area contributed by atoms with Crippen molar-refractivity contribution in [1.82, 2.24) is 0 Å². The number of ether oxygens (including phenoxy) is 1. The topological polar surface area (TPSA) is 55.4 Å². The number of anilines is 1. The summed E-state index contributed by atoms with van der Waals surface area (Å²) in [7, 11) is 1.33. The van der Waals surface area contributed by atoms with Crippen LogP contribution in [0.5, 0.6) is 0 Å². The first-order valence-corrected chi connectivity index (χ1v) is 5.66. The summed E-state index contributed by atoms with van der Waals surface area (Å²) in [6.45, 7) is 1.81. The largest absolute Gasteiger partial charge is 0.465 e. The average Bonchev–Trinajstić information content (AvgIpc) is 2.31. The molecular weight excluding hydrogens is 242 g/mol. The third-order valence-corrected chi connectivity index (χ3v) is 2.43. The summed E-state index contributed by atoms with van der Waals surface area (Å²) in [5.74, 6) is -0.258. The quantitative estimate of drug-likeness (QED) is 0.664. The Morgan fingerprint density at radius 3 is 2.65 bits per heavy atom. The number of alkyl halides is 1. The van der Waals surface area contributed by atoms with Crippen LogP contribution >= 0.6 is 11.6 Å². The van der Waals surface area contributed by atoms with Gasteiger partial charge in [-0.2, -0.15) is 0 Å². The Bertz CT molecular complexity index is 432. The van der Waals surface area contributed by atoms with Crippen LogP contribution in [0.15, 0.2) is 18.2 Å². The zero-order valence-corrected chi connectivity index (χ0v) is 10.5. The SMILES string of the molecule is COC(=O)c1ccc(NC(=O)CCCl)c(C)c1. The zero-order chi connectivity index (χ0) is 12.8. The fourth-order valence-corrected chi connectivity index (χ4v) is 1.52. The Balaban J connectivity index is 2.83. The lowest BCUT2D eigenvalue weighted by molar-refractivity contribution is -0.115. The van der Waals surface area contributed by atoms with Crippen molar-refractivity contribution < 1.29 is 14.3 Å². The lowest BCUT2D eigenvalue weighted by Gasteiger charge is -2.09. The molecule has 0 aromatic heterocycles. The van der Waals surface area contributed by atoms with Gasteiger partial charge < -0.3 is 10.1 Å². The summed E-state index contributed by atoms with van der Waals surface area (Å²) in [6.07, 6.45) is 0.264. The first kappa shape index (κ1) is 13.5. The first-order valence-electron chi connectivity index (χ1n) is 5.13. The van der Waals surface area contributed by atoms with E-state index in [0.29, 0.717) is 11.3 Å². The number of esters is 1. The number of aryl methyl sites for hydroxylation is 1. The van der Waals surface area contributed by atoms with Gasteiger partial charge in [0.2, 0.25) is 5.91 Å². The van der Waals surface area contributed by atoms with Crippen molar-refractivity contribution >= 4 is 29.2 Å². The maximum atomic E-state index is 11.4. The van der Waals surface area contributed by atoms with Crippen LogP contribution in [0, 0.1) is 6.92 Å².